The molecule has 9 heteroatoms. The van der Waals surface area contributed by atoms with Crippen LogP contribution < -0.4 is 19.6 Å². The predicted octanol–water partition coefficient (Wildman–Crippen LogP) is 4.97. The quantitative estimate of drug-likeness (QED) is 0.216. The second-order valence-corrected chi connectivity index (χ2v) is 11.1. The maximum atomic E-state index is 13.8. The smallest absolute Gasteiger partial charge is 0.338 e. The molecule has 1 atom stereocenters. The van der Waals surface area contributed by atoms with Gasteiger partial charge in [-0.3, -0.25) is 9.36 Å². The molecular weight excluding hydrogens is 555 g/mol. The Kier molecular flexibility index (Phi) is 8.53. The number of allylic oxidation sites excluding steroid dienone is 1. The van der Waals surface area contributed by atoms with Crippen molar-refractivity contribution in [2.24, 2.45) is 4.99 Å². The van der Waals surface area contributed by atoms with Gasteiger partial charge < -0.3 is 9.47 Å². The number of aromatic nitrogens is 1. The first-order valence-electron chi connectivity index (χ1n) is 13.0. The van der Waals surface area contributed by atoms with Gasteiger partial charge in [-0.1, -0.05) is 53.8 Å². The molecule has 0 fully saturated rings. The average molecular weight is 582 g/mol. The summed E-state index contributed by atoms with van der Waals surface area (Å²) >= 11 is 2.91. The highest BCUT2D eigenvalue weighted by molar-refractivity contribution is 7.98. The normalized spacial score (nSPS) is 14.7. The second kappa shape index (κ2) is 12.4. The monoisotopic (exact) mass is 581 g/mol. The second-order valence-electron chi connectivity index (χ2n) is 9.20. The molecular formula is C32H27N3O4S2. The zero-order valence-corrected chi connectivity index (χ0v) is 24.4. The molecule has 2 heterocycles. The molecule has 0 unspecified atom stereocenters. The van der Waals surface area contributed by atoms with Crippen molar-refractivity contribution in [3.8, 4) is 11.8 Å². The van der Waals surface area contributed by atoms with Crippen LogP contribution in [0.2, 0.25) is 0 Å². The van der Waals surface area contributed by atoms with E-state index in [9.17, 15) is 14.9 Å². The summed E-state index contributed by atoms with van der Waals surface area (Å²) in [6, 6.07) is 24.1. The molecule has 0 saturated heterocycles. The van der Waals surface area contributed by atoms with Gasteiger partial charge in [0.25, 0.3) is 5.56 Å². The first-order chi connectivity index (χ1) is 19.9. The maximum absolute atomic E-state index is 13.8. The van der Waals surface area contributed by atoms with Gasteiger partial charge in [0, 0.05) is 10.5 Å². The zero-order valence-electron chi connectivity index (χ0n) is 22.8. The minimum atomic E-state index is -0.643. The minimum Gasteiger partial charge on any atom is -0.489 e. The summed E-state index contributed by atoms with van der Waals surface area (Å²) in [5.41, 5.74) is 3.71. The molecule has 0 amide bonds. The van der Waals surface area contributed by atoms with E-state index in [1.807, 2.05) is 79.1 Å². The summed E-state index contributed by atoms with van der Waals surface area (Å²) in [5.74, 6) is 0.176. The fourth-order valence-electron chi connectivity index (χ4n) is 4.62. The Morgan fingerprint density at radius 3 is 2.54 bits per heavy atom. The first-order valence-corrected chi connectivity index (χ1v) is 15.0. The summed E-state index contributed by atoms with van der Waals surface area (Å²) in [7, 11) is 0. The molecule has 0 radical (unpaired) electrons. The van der Waals surface area contributed by atoms with Crippen LogP contribution in [-0.4, -0.2) is 23.4 Å². The molecule has 5 rings (SSSR count). The fourth-order valence-corrected chi connectivity index (χ4v) is 6.08. The van der Waals surface area contributed by atoms with E-state index in [2.05, 4.69) is 11.1 Å². The van der Waals surface area contributed by atoms with Crippen LogP contribution in [-0.2, 0) is 16.1 Å². The number of nitrogens with zero attached hydrogens (tertiary/aromatic N) is 3. The van der Waals surface area contributed by atoms with Crippen LogP contribution in [0.1, 0.15) is 42.1 Å². The molecule has 3 aromatic carbocycles. The van der Waals surface area contributed by atoms with E-state index in [1.165, 1.54) is 11.3 Å². The number of rotatable bonds is 8. The van der Waals surface area contributed by atoms with Crippen molar-refractivity contribution in [1.29, 1.82) is 5.26 Å². The van der Waals surface area contributed by atoms with Crippen LogP contribution in [0.25, 0.3) is 6.08 Å². The van der Waals surface area contributed by atoms with Gasteiger partial charge in [-0.2, -0.15) is 5.26 Å². The fraction of sp³-hybridized carbons (Fsp3) is 0.188. The van der Waals surface area contributed by atoms with Gasteiger partial charge in [0.15, 0.2) is 4.80 Å². The third kappa shape index (κ3) is 5.89. The van der Waals surface area contributed by atoms with Gasteiger partial charge in [-0.05, 0) is 67.6 Å². The van der Waals surface area contributed by atoms with Gasteiger partial charge >= 0.3 is 5.97 Å². The number of carbonyl (C=O) groups excluding carboxylic acids is 1. The lowest BCUT2D eigenvalue weighted by atomic mass is 9.96. The molecule has 0 bridgehead atoms. The van der Waals surface area contributed by atoms with Crippen molar-refractivity contribution >= 4 is 35.1 Å². The van der Waals surface area contributed by atoms with E-state index >= 15 is 0 Å². The van der Waals surface area contributed by atoms with Crippen LogP contribution >= 0.6 is 23.1 Å². The highest BCUT2D eigenvalue weighted by Crippen LogP contribution is 2.31. The van der Waals surface area contributed by atoms with Gasteiger partial charge in [0.1, 0.15) is 12.4 Å². The third-order valence-electron chi connectivity index (χ3n) is 6.66. The lowest BCUT2D eigenvalue weighted by Crippen LogP contribution is -2.39. The highest BCUT2D eigenvalue weighted by Gasteiger charge is 2.33. The van der Waals surface area contributed by atoms with Crippen molar-refractivity contribution in [2.45, 2.75) is 31.4 Å². The lowest BCUT2D eigenvalue weighted by Gasteiger charge is -2.24. The molecule has 7 nitrogen and oxygen atoms in total. The van der Waals surface area contributed by atoms with Gasteiger partial charge in [0.2, 0.25) is 0 Å². The summed E-state index contributed by atoms with van der Waals surface area (Å²) in [4.78, 5) is 33.1. The number of fused-ring (bicyclic) bond motifs is 1. The Morgan fingerprint density at radius 2 is 1.85 bits per heavy atom. The van der Waals surface area contributed by atoms with E-state index in [0.29, 0.717) is 31.9 Å². The molecule has 0 saturated carbocycles. The van der Waals surface area contributed by atoms with Gasteiger partial charge in [0.05, 0.1) is 40.1 Å². The number of thioether (sulfide) groups is 1. The Bertz CT molecular complexity index is 1850. The van der Waals surface area contributed by atoms with Crippen LogP contribution in [0.15, 0.2) is 98.7 Å². The van der Waals surface area contributed by atoms with Crippen LogP contribution in [0.5, 0.6) is 5.75 Å². The molecule has 206 valence electrons. The number of hydrogen-bond acceptors (Lipinski definition) is 8. The highest BCUT2D eigenvalue weighted by atomic mass is 32.2. The van der Waals surface area contributed by atoms with Crippen molar-refractivity contribution < 1.29 is 14.3 Å². The topological polar surface area (TPSA) is 93.7 Å². The number of hydrogen-bond donors (Lipinski definition) is 0. The predicted molar refractivity (Wildman–Crippen MR) is 161 cm³/mol. The minimum absolute atomic E-state index is 0.225. The standard InChI is InChI=1S/C32H27N3O4S2/c1-4-38-31(37)28-20(2)34-32-35(29(28)22-11-15-26(40-3)16-12-22)30(36)27(41-32)17-21-9-13-25(14-10-21)39-19-24-8-6-5-7-23(24)18-33/h5-17,29H,4,19H2,1-3H3/b27-17+/t29-/m1/s1. The average Bonchev–Trinajstić information content (AvgIpc) is 3.30. The van der Waals surface area contributed by atoms with E-state index in [1.54, 1.807) is 36.2 Å². The van der Waals surface area contributed by atoms with E-state index in [0.717, 1.165) is 21.6 Å². The molecule has 0 spiro atoms. The Hall–Kier alpha value is -4.39. The van der Waals surface area contributed by atoms with Crippen molar-refractivity contribution in [3.05, 3.63) is 126 Å². The van der Waals surface area contributed by atoms with E-state index in [4.69, 9.17) is 9.47 Å². The Labute approximate surface area is 245 Å². The Morgan fingerprint density at radius 1 is 1.12 bits per heavy atom. The molecule has 1 aliphatic rings. The molecule has 1 aromatic heterocycles. The maximum Gasteiger partial charge on any atom is 0.338 e. The summed E-state index contributed by atoms with van der Waals surface area (Å²) in [6.07, 6.45) is 3.81. The molecule has 4 aromatic rings. The van der Waals surface area contributed by atoms with Gasteiger partial charge in [-0.25, -0.2) is 9.79 Å². The van der Waals surface area contributed by atoms with Crippen molar-refractivity contribution in [2.75, 3.05) is 12.9 Å². The molecule has 0 N–H and O–H groups in total. The number of ether oxygens (including phenoxy) is 2. The Balaban J connectivity index is 1.49. The zero-order chi connectivity index (χ0) is 28.9. The summed E-state index contributed by atoms with van der Waals surface area (Å²) in [5, 5.41) is 9.29. The van der Waals surface area contributed by atoms with Crippen LogP contribution in [0.3, 0.4) is 0 Å². The van der Waals surface area contributed by atoms with E-state index < -0.39 is 12.0 Å². The van der Waals surface area contributed by atoms with Crippen LogP contribution in [0, 0.1) is 11.3 Å². The molecule has 41 heavy (non-hydrogen) atoms. The number of nitriles is 1. The molecule has 1 aliphatic heterocycles. The number of carbonyl (C=O) groups is 1. The van der Waals surface area contributed by atoms with E-state index in [-0.39, 0.29) is 18.8 Å². The first kappa shape index (κ1) is 28.1. The lowest BCUT2D eigenvalue weighted by molar-refractivity contribution is -0.139. The van der Waals surface area contributed by atoms with Crippen molar-refractivity contribution in [3.63, 3.8) is 0 Å². The SMILES string of the molecule is CCOC(=O)C1=C(C)N=c2s/c(=C/c3ccc(OCc4ccccc4C#N)cc3)c(=O)n2[C@@H]1c1ccc(SC)cc1. The van der Waals surface area contributed by atoms with Crippen molar-refractivity contribution in [1.82, 2.24) is 4.57 Å². The largest absolute Gasteiger partial charge is 0.489 e. The molecule has 0 aliphatic carbocycles. The number of benzene rings is 3. The third-order valence-corrected chi connectivity index (χ3v) is 8.39. The van der Waals surface area contributed by atoms with Crippen LogP contribution in [0.4, 0.5) is 0 Å². The summed E-state index contributed by atoms with van der Waals surface area (Å²) in [6.45, 7) is 4.04. The number of esters is 1. The number of thiazole rings is 1. The van der Waals surface area contributed by atoms with Gasteiger partial charge in [-0.15, -0.1) is 11.8 Å². The summed E-state index contributed by atoms with van der Waals surface area (Å²) < 4.78 is 13.3.